The molecule has 5 rings (SSSR count). The Bertz CT molecular complexity index is 656. The first-order valence-electron chi connectivity index (χ1n) is 7.21. The molecule has 1 amide bonds. The summed E-state index contributed by atoms with van der Waals surface area (Å²) in [7, 11) is 0. The van der Waals surface area contributed by atoms with Gasteiger partial charge in [-0.1, -0.05) is 6.92 Å². The van der Waals surface area contributed by atoms with Crippen LogP contribution < -0.4 is 5.32 Å². The smallest absolute Gasteiger partial charge is 0.227 e. The zero-order valence-corrected chi connectivity index (χ0v) is 12.2. The van der Waals surface area contributed by atoms with Gasteiger partial charge in [0, 0.05) is 23.7 Å². The van der Waals surface area contributed by atoms with E-state index in [0.717, 1.165) is 46.6 Å². The van der Waals surface area contributed by atoms with Gasteiger partial charge in [0.1, 0.15) is 10.3 Å². The van der Waals surface area contributed by atoms with Crippen molar-refractivity contribution in [3.05, 3.63) is 17.8 Å². The second-order valence-corrected chi connectivity index (χ2v) is 6.99. The van der Waals surface area contributed by atoms with Crippen LogP contribution in [0.4, 0.5) is 5.69 Å². The molecule has 4 nitrogen and oxygen atoms in total. The molecule has 3 saturated carbocycles. The van der Waals surface area contributed by atoms with Crippen molar-refractivity contribution in [1.29, 1.82) is 0 Å². The molecule has 104 valence electrons. The van der Waals surface area contributed by atoms with Crippen molar-refractivity contribution in [2.24, 2.45) is 23.7 Å². The molecule has 0 aliphatic heterocycles. The molecule has 20 heavy (non-hydrogen) atoms. The van der Waals surface area contributed by atoms with E-state index in [1.54, 1.807) is 12.4 Å². The number of nitrogens with zero attached hydrogens (tertiary/aromatic N) is 2. The predicted molar refractivity (Wildman–Crippen MR) is 79.5 cm³/mol. The zero-order chi connectivity index (χ0) is 13.7. The van der Waals surface area contributed by atoms with E-state index in [-0.39, 0.29) is 11.8 Å². The van der Waals surface area contributed by atoms with Crippen molar-refractivity contribution in [2.75, 3.05) is 5.32 Å². The average Bonchev–Trinajstić information content (AvgIpc) is 2.90. The minimum absolute atomic E-state index is 0.164. The van der Waals surface area contributed by atoms with Crippen molar-refractivity contribution in [3.63, 3.8) is 0 Å². The average molecular weight is 287 g/mol. The summed E-state index contributed by atoms with van der Waals surface area (Å²) in [5.74, 6) is 2.71. The molecule has 2 aromatic heterocycles. The molecule has 2 aromatic rings. The Balaban J connectivity index is 1.50. The van der Waals surface area contributed by atoms with Crippen molar-refractivity contribution in [3.8, 4) is 0 Å². The van der Waals surface area contributed by atoms with E-state index in [1.807, 2.05) is 5.38 Å². The maximum absolute atomic E-state index is 12.4. The van der Waals surface area contributed by atoms with Gasteiger partial charge in [0.2, 0.25) is 5.91 Å². The van der Waals surface area contributed by atoms with E-state index in [4.69, 9.17) is 0 Å². The summed E-state index contributed by atoms with van der Waals surface area (Å²) in [6.45, 7) is 2.33. The van der Waals surface area contributed by atoms with E-state index in [1.165, 1.54) is 17.8 Å². The molecule has 0 aromatic carbocycles. The van der Waals surface area contributed by atoms with E-state index in [9.17, 15) is 4.79 Å². The number of anilines is 1. The monoisotopic (exact) mass is 287 g/mol. The van der Waals surface area contributed by atoms with Gasteiger partial charge in [-0.15, -0.1) is 11.3 Å². The Morgan fingerprint density at radius 3 is 2.75 bits per heavy atom. The lowest BCUT2D eigenvalue weighted by Gasteiger charge is -2.50. The number of carbonyl (C=O) groups is 1. The van der Waals surface area contributed by atoms with Gasteiger partial charge >= 0.3 is 0 Å². The fourth-order valence-electron chi connectivity index (χ4n) is 3.76. The number of fused-ring (bicyclic) bond motifs is 3. The van der Waals surface area contributed by atoms with Crippen LogP contribution in [0.1, 0.15) is 26.2 Å². The summed E-state index contributed by atoms with van der Waals surface area (Å²) in [5.41, 5.74) is 1.62. The molecule has 0 saturated heterocycles. The molecule has 5 heteroatoms. The number of carbonyl (C=O) groups excluding carboxylic acids is 1. The van der Waals surface area contributed by atoms with Crippen LogP contribution in [0, 0.1) is 23.7 Å². The van der Waals surface area contributed by atoms with Gasteiger partial charge in [-0.05, 0) is 37.0 Å². The summed E-state index contributed by atoms with van der Waals surface area (Å²) in [4.78, 5) is 21.9. The number of hydrogen-bond donors (Lipinski definition) is 1. The third-order valence-electron chi connectivity index (χ3n) is 5.10. The quantitative estimate of drug-likeness (QED) is 0.922. The molecule has 3 aliphatic carbocycles. The van der Waals surface area contributed by atoms with Crippen LogP contribution in [0.5, 0.6) is 0 Å². The number of thiophene rings is 1. The molecule has 1 N–H and O–H groups in total. The summed E-state index contributed by atoms with van der Waals surface area (Å²) >= 11 is 1.52. The molecular weight excluding hydrogens is 270 g/mol. The second kappa shape index (κ2) is 4.52. The van der Waals surface area contributed by atoms with Gasteiger partial charge in [-0.3, -0.25) is 4.79 Å². The first kappa shape index (κ1) is 12.3. The molecule has 4 atom stereocenters. The highest BCUT2D eigenvalue weighted by Gasteiger charge is 2.46. The highest BCUT2D eigenvalue weighted by atomic mass is 32.1. The van der Waals surface area contributed by atoms with Crippen molar-refractivity contribution in [2.45, 2.75) is 26.2 Å². The number of nitrogens with one attached hydrogen (secondary N) is 1. The van der Waals surface area contributed by atoms with Crippen LogP contribution >= 0.6 is 11.3 Å². The molecule has 3 aliphatic rings. The Hall–Kier alpha value is -1.49. The Labute approximate surface area is 121 Å². The van der Waals surface area contributed by atoms with Gasteiger partial charge in [-0.2, -0.15) is 0 Å². The number of hydrogen-bond acceptors (Lipinski definition) is 4. The van der Waals surface area contributed by atoms with Crippen LogP contribution in [0.2, 0.25) is 0 Å². The normalized spacial score (nSPS) is 31.9. The van der Waals surface area contributed by atoms with Crippen molar-refractivity contribution in [1.82, 2.24) is 9.97 Å². The second-order valence-electron chi connectivity index (χ2n) is 6.13. The van der Waals surface area contributed by atoms with E-state index < -0.39 is 0 Å². The fraction of sp³-hybridized carbons (Fsp3) is 0.533. The summed E-state index contributed by atoms with van der Waals surface area (Å²) in [5, 5.41) is 5.00. The van der Waals surface area contributed by atoms with E-state index >= 15 is 0 Å². The minimum Gasteiger partial charge on any atom is -0.323 e. The van der Waals surface area contributed by atoms with E-state index in [2.05, 4.69) is 22.2 Å². The minimum atomic E-state index is 0.164. The van der Waals surface area contributed by atoms with Gasteiger partial charge in [0.05, 0.1) is 5.69 Å². The maximum atomic E-state index is 12.4. The summed E-state index contributed by atoms with van der Waals surface area (Å²) in [6, 6.07) is 0. The topological polar surface area (TPSA) is 54.9 Å². The van der Waals surface area contributed by atoms with Gasteiger partial charge in [-0.25, -0.2) is 9.97 Å². The van der Waals surface area contributed by atoms with Crippen LogP contribution in [-0.2, 0) is 4.79 Å². The molecule has 2 heterocycles. The highest BCUT2D eigenvalue weighted by molar-refractivity contribution is 7.17. The van der Waals surface area contributed by atoms with Crippen molar-refractivity contribution < 1.29 is 4.79 Å². The first-order chi connectivity index (χ1) is 9.72. The molecule has 0 radical (unpaired) electrons. The van der Waals surface area contributed by atoms with Gasteiger partial charge < -0.3 is 5.32 Å². The van der Waals surface area contributed by atoms with Crippen LogP contribution in [0.25, 0.3) is 10.3 Å². The first-order valence-corrected chi connectivity index (χ1v) is 8.09. The van der Waals surface area contributed by atoms with E-state index in [0.29, 0.717) is 0 Å². The SMILES string of the molecule is CC1C2CC(C(=O)Nc3csc4nccnc34)C[C@@H]1C2. The van der Waals surface area contributed by atoms with Crippen LogP contribution in [0.15, 0.2) is 17.8 Å². The van der Waals surface area contributed by atoms with Crippen LogP contribution in [-0.4, -0.2) is 15.9 Å². The summed E-state index contributed by atoms with van der Waals surface area (Å²) in [6.07, 6.45) is 6.79. The Kier molecular flexibility index (Phi) is 2.77. The lowest BCUT2D eigenvalue weighted by Crippen LogP contribution is -2.45. The Morgan fingerprint density at radius 1 is 1.25 bits per heavy atom. The molecule has 3 unspecified atom stereocenters. The van der Waals surface area contributed by atoms with Gasteiger partial charge in [0.25, 0.3) is 0 Å². The lowest BCUT2D eigenvalue weighted by molar-refractivity contribution is -0.126. The lowest BCUT2D eigenvalue weighted by atomic mass is 9.55. The predicted octanol–water partition coefficient (Wildman–Crippen LogP) is 3.31. The molecular formula is C15H17N3OS. The largest absolute Gasteiger partial charge is 0.323 e. The highest BCUT2D eigenvalue weighted by Crippen LogP contribution is 2.52. The third-order valence-corrected chi connectivity index (χ3v) is 5.98. The number of rotatable bonds is 2. The summed E-state index contributed by atoms with van der Waals surface area (Å²) < 4.78 is 0. The zero-order valence-electron chi connectivity index (χ0n) is 11.4. The molecule has 0 spiro atoms. The Morgan fingerprint density at radius 2 is 2.00 bits per heavy atom. The standard InChI is InChI=1S/C15H17N3OS/c1-8-9-4-10(8)6-11(5-9)14(19)18-12-7-20-15-13(12)16-2-3-17-15/h2-3,7-11H,4-6H2,1H3,(H,18,19)/t8?,9-,10?,11?/m0/s1. The maximum Gasteiger partial charge on any atom is 0.227 e. The fourth-order valence-corrected chi connectivity index (χ4v) is 4.56. The number of amides is 1. The third kappa shape index (κ3) is 1.84. The van der Waals surface area contributed by atoms with Crippen LogP contribution in [0.3, 0.4) is 0 Å². The molecule has 3 fully saturated rings. The number of aromatic nitrogens is 2. The van der Waals surface area contributed by atoms with Crippen molar-refractivity contribution >= 4 is 33.3 Å². The molecule has 2 bridgehead atoms. The van der Waals surface area contributed by atoms with Gasteiger partial charge in [0.15, 0.2) is 0 Å².